The average molecular weight is 717 g/mol. The van der Waals surface area contributed by atoms with E-state index in [2.05, 4.69) is 15.2 Å². The summed E-state index contributed by atoms with van der Waals surface area (Å²) in [5, 5.41) is 29.6. The molecule has 10 heteroatoms. The summed E-state index contributed by atoms with van der Waals surface area (Å²) in [7, 11) is 0. The molecule has 9 nitrogen and oxygen atoms in total. The Balaban J connectivity index is 0.00000562. The first-order chi connectivity index (χ1) is 23.5. The second-order valence-corrected chi connectivity index (χ2v) is 13.2. The number of rotatable bonds is 11. The molecule has 5 rings (SSSR count). The Morgan fingerprint density at radius 3 is 2.18 bits per heavy atom. The summed E-state index contributed by atoms with van der Waals surface area (Å²) in [6.07, 6.45) is 0.786. The Morgan fingerprint density at radius 2 is 1.52 bits per heavy atom. The van der Waals surface area contributed by atoms with Crippen LogP contribution in [0.1, 0.15) is 67.5 Å². The predicted octanol–water partition coefficient (Wildman–Crippen LogP) is 5.27. The number of benzene rings is 4. The first kappa shape index (κ1) is 38.0. The van der Waals surface area contributed by atoms with E-state index in [0.29, 0.717) is 41.1 Å². The first-order valence-electron chi connectivity index (χ1n) is 16.5. The molecular formula is C40H42N4NiO5. The van der Waals surface area contributed by atoms with Crippen molar-refractivity contribution in [2.75, 3.05) is 6.54 Å². The largest absolute Gasteiger partial charge is 2.00 e. The van der Waals surface area contributed by atoms with Crippen molar-refractivity contribution in [3.63, 3.8) is 0 Å². The standard InChI is InChI=1S/C40H44N4O5.Ni/c1-27-16-11-12-21-30(27)35(43-39(48)49-40(2,3)4)36(38(46)47)42-34(29-19-9-6-10-20-29)31-22-13-14-23-32(31)41-37(45)33-24-15-25-44(33)26-28-17-7-5-8-18-28;/h5-14,16-23,33,35-36H,15,24-26H2,1-4H3,(H,41,45)(H,43,48)(H,46,47);/q;+2/p-2/t33-,35+,36-;/m0./s1. The van der Waals surface area contributed by atoms with E-state index in [9.17, 15) is 19.8 Å². The van der Waals surface area contributed by atoms with E-state index in [0.717, 1.165) is 24.1 Å². The molecule has 1 fully saturated rings. The van der Waals surface area contributed by atoms with Gasteiger partial charge in [-0.25, -0.2) is 4.79 Å². The second kappa shape index (κ2) is 17.2. The van der Waals surface area contributed by atoms with Crippen LogP contribution in [0.25, 0.3) is 0 Å². The number of ether oxygens (including phenoxy) is 1. The molecule has 1 aliphatic heterocycles. The fraction of sp³-hybridized carbons (Fsp3) is 0.300. The van der Waals surface area contributed by atoms with E-state index >= 15 is 0 Å². The Kier molecular flexibility index (Phi) is 13.1. The summed E-state index contributed by atoms with van der Waals surface area (Å²) in [4.78, 5) is 37.7. The average Bonchev–Trinajstić information content (AvgIpc) is 3.53. The third-order valence-electron chi connectivity index (χ3n) is 8.34. The van der Waals surface area contributed by atoms with Gasteiger partial charge in [0.2, 0.25) is 0 Å². The summed E-state index contributed by atoms with van der Waals surface area (Å²) in [6, 6.07) is 30.3. The van der Waals surface area contributed by atoms with Crippen molar-refractivity contribution in [2.24, 2.45) is 9.98 Å². The molecule has 1 N–H and O–H groups in total. The number of aliphatic imine (C=N–C) groups is 2. The van der Waals surface area contributed by atoms with Gasteiger partial charge in [0.1, 0.15) is 11.6 Å². The maximum atomic E-state index is 13.8. The number of carbonyl (C=O) groups is 2. The van der Waals surface area contributed by atoms with Crippen LogP contribution in [0.3, 0.4) is 0 Å². The molecule has 0 bridgehead atoms. The molecule has 0 aliphatic carbocycles. The third-order valence-corrected chi connectivity index (χ3v) is 8.34. The molecule has 1 amide bonds. The number of hydrogen-bond donors (Lipinski definition) is 1. The molecular weight excluding hydrogens is 675 g/mol. The van der Waals surface area contributed by atoms with E-state index in [4.69, 9.17) is 9.73 Å². The minimum absolute atomic E-state index is 0. The van der Waals surface area contributed by atoms with Crippen LogP contribution in [0.4, 0.5) is 10.5 Å². The normalized spacial score (nSPS) is 16.6. The third kappa shape index (κ3) is 9.90. The molecule has 0 radical (unpaired) electrons. The van der Waals surface area contributed by atoms with Crippen molar-refractivity contribution < 1.29 is 41.0 Å². The van der Waals surface area contributed by atoms with E-state index in [1.54, 1.807) is 57.2 Å². The van der Waals surface area contributed by atoms with E-state index in [1.807, 2.05) is 79.7 Å². The van der Waals surface area contributed by atoms with Crippen LogP contribution in [0.5, 0.6) is 0 Å². The summed E-state index contributed by atoms with van der Waals surface area (Å²) in [5.41, 5.74) is 3.34. The first-order valence-corrected chi connectivity index (χ1v) is 16.5. The number of hydrogen-bond acceptors (Lipinski definition) is 8. The van der Waals surface area contributed by atoms with Gasteiger partial charge in [0.25, 0.3) is 0 Å². The summed E-state index contributed by atoms with van der Waals surface area (Å²) in [6.45, 7) is 8.44. The maximum Gasteiger partial charge on any atom is 2.00 e. The van der Waals surface area contributed by atoms with Crippen LogP contribution >= 0.6 is 0 Å². The van der Waals surface area contributed by atoms with Crippen molar-refractivity contribution in [1.82, 2.24) is 10.2 Å². The van der Waals surface area contributed by atoms with Crippen LogP contribution in [0, 0.1) is 6.92 Å². The van der Waals surface area contributed by atoms with Crippen LogP contribution < -0.4 is 15.5 Å². The molecule has 1 heterocycles. The van der Waals surface area contributed by atoms with Gasteiger partial charge in [0, 0.05) is 23.7 Å². The van der Waals surface area contributed by atoms with Gasteiger partial charge >= 0.3 is 22.6 Å². The number of carboxylic acid groups (broad SMARTS) is 1. The quantitative estimate of drug-likeness (QED) is 0.128. The molecule has 262 valence electrons. The van der Waals surface area contributed by atoms with Gasteiger partial charge in [0.15, 0.2) is 0 Å². The molecule has 0 unspecified atom stereocenters. The van der Waals surface area contributed by atoms with Crippen molar-refractivity contribution in [2.45, 2.75) is 70.8 Å². The topological polar surface area (TPSA) is 129 Å². The number of likely N-dealkylation sites (tertiary alicyclic amines) is 1. The molecule has 0 spiro atoms. The van der Waals surface area contributed by atoms with E-state index in [1.165, 1.54) is 0 Å². The van der Waals surface area contributed by atoms with Crippen molar-refractivity contribution >= 4 is 29.4 Å². The number of carbonyl (C=O) groups excluding carboxylic acids is 2. The van der Waals surface area contributed by atoms with Crippen molar-refractivity contribution in [3.8, 4) is 0 Å². The molecule has 0 saturated carbocycles. The zero-order chi connectivity index (χ0) is 35.0. The molecule has 50 heavy (non-hydrogen) atoms. The zero-order valence-electron chi connectivity index (χ0n) is 28.7. The number of para-hydroxylation sites is 1. The Hall–Kier alpha value is -4.79. The number of nitrogens with zero attached hydrogens (tertiary/aromatic N) is 3. The number of amides is 1. The molecule has 1 aliphatic rings. The summed E-state index contributed by atoms with van der Waals surface area (Å²) < 4.78 is 5.52. The van der Waals surface area contributed by atoms with Gasteiger partial charge in [-0.1, -0.05) is 103 Å². The maximum absolute atomic E-state index is 13.8. The van der Waals surface area contributed by atoms with Crippen LogP contribution in [-0.4, -0.2) is 52.8 Å². The van der Waals surface area contributed by atoms with Gasteiger partial charge in [-0.2, -0.15) is 0 Å². The van der Waals surface area contributed by atoms with Gasteiger partial charge < -0.3 is 25.1 Å². The fourth-order valence-corrected chi connectivity index (χ4v) is 6.07. The minimum Gasteiger partial charge on any atom is -0.861 e. The van der Waals surface area contributed by atoms with Gasteiger partial charge in [0.05, 0.1) is 23.4 Å². The second-order valence-electron chi connectivity index (χ2n) is 13.2. The monoisotopic (exact) mass is 716 g/mol. The SMILES string of the molecule is Cc1ccccc1[C@@H](NC(=O)OC(C)(C)C)[C@H](N=C(c1ccccc1)c1ccccc1N=C([O-])[C@@H]1CCCN1Cc1ccccc1)C(=O)[O-].[Ni+2]. The molecule has 3 atom stereocenters. The molecule has 4 aromatic rings. The van der Waals surface area contributed by atoms with Gasteiger partial charge in [-0.15, -0.1) is 0 Å². The minimum atomic E-state index is -1.58. The van der Waals surface area contributed by atoms with Crippen molar-refractivity contribution in [1.29, 1.82) is 0 Å². The van der Waals surface area contributed by atoms with Gasteiger partial charge in [-0.3, -0.25) is 14.9 Å². The number of aliphatic carboxylic acids is 1. The fourth-order valence-electron chi connectivity index (χ4n) is 6.07. The molecule has 4 aromatic carbocycles. The number of alkyl carbamates (subject to hydrolysis) is 1. The summed E-state index contributed by atoms with van der Waals surface area (Å²) in [5.74, 6) is -1.76. The molecule has 1 saturated heterocycles. The smallest absolute Gasteiger partial charge is 0.861 e. The van der Waals surface area contributed by atoms with Crippen LogP contribution in [0.15, 0.2) is 119 Å². The van der Waals surface area contributed by atoms with Crippen molar-refractivity contribution in [3.05, 3.63) is 137 Å². The molecule has 0 aromatic heterocycles. The van der Waals surface area contributed by atoms with E-state index in [-0.39, 0.29) is 28.4 Å². The van der Waals surface area contributed by atoms with Crippen LogP contribution in [-0.2, 0) is 32.6 Å². The Labute approximate surface area is 304 Å². The Morgan fingerprint density at radius 1 is 0.900 bits per heavy atom. The number of aryl methyl sites for hydroxylation is 1. The zero-order valence-corrected chi connectivity index (χ0v) is 29.6. The van der Waals surface area contributed by atoms with Crippen LogP contribution in [0.2, 0.25) is 0 Å². The summed E-state index contributed by atoms with van der Waals surface area (Å²) >= 11 is 0. The number of nitrogens with one attached hydrogen (secondary N) is 1. The predicted molar refractivity (Wildman–Crippen MR) is 188 cm³/mol. The van der Waals surface area contributed by atoms with E-state index < -0.39 is 29.7 Å². The van der Waals surface area contributed by atoms with Gasteiger partial charge in [-0.05, 0) is 75.7 Å². The Bertz CT molecular complexity index is 1810. The number of carboxylic acids is 1.